The highest BCUT2D eigenvalue weighted by atomic mass is 19.4. The van der Waals surface area contributed by atoms with Crippen LogP contribution in [0.3, 0.4) is 0 Å². The predicted octanol–water partition coefficient (Wildman–Crippen LogP) is 3.29. The second kappa shape index (κ2) is 5.16. The van der Waals surface area contributed by atoms with E-state index < -0.39 is 30.7 Å². The van der Waals surface area contributed by atoms with Crippen molar-refractivity contribution in [2.45, 2.75) is 26.1 Å². The van der Waals surface area contributed by atoms with Gasteiger partial charge in [0.2, 0.25) is 0 Å². The van der Waals surface area contributed by atoms with Gasteiger partial charge < -0.3 is 4.74 Å². The molecule has 1 aromatic rings. The Morgan fingerprint density at radius 3 is 2.50 bits per heavy atom. The number of pyridine rings is 1. The molecule has 3 nitrogen and oxygen atoms in total. The number of nitriles is 1. The minimum Gasteiger partial charge on any atom is -0.404 e. The van der Waals surface area contributed by atoms with Gasteiger partial charge in [-0.3, -0.25) is 4.98 Å². The van der Waals surface area contributed by atoms with Crippen LogP contribution in [0.5, 0.6) is 5.75 Å². The normalized spacial score (nSPS) is 11.4. The maximum atomic E-state index is 12.6. The lowest BCUT2D eigenvalue weighted by Gasteiger charge is -2.15. The van der Waals surface area contributed by atoms with Crippen molar-refractivity contribution in [2.75, 3.05) is 0 Å². The number of alkyl halides is 5. The average Bonchev–Trinajstić information content (AvgIpc) is 2.22. The van der Waals surface area contributed by atoms with Gasteiger partial charge in [-0.05, 0) is 12.5 Å². The molecule has 0 aliphatic heterocycles. The van der Waals surface area contributed by atoms with Crippen LogP contribution in [0.15, 0.2) is 6.20 Å². The standard InChI is InChI=1S/C10H7F5N2O/c1-5-6(2-3-16)8(9(11)12)17-4-7(5)18-10(13,14)15/h4,9H,2H2,1H3. The van der Waals surface area contributed by atoms with E-state index in [0.29, 0.717) is 6.20 Å². The topological polar surface area (TPSA) is 45.9 Å². The van der Waals surface area contributed by atoms with Crippen molar-refractivity contribution >= 4 is 0 Å². The summed E-state index contributed by atoms with van der Waals surface area (Å²) >= 11 is 0. The zero-order valence-corrected chi connectivity index (χ0v) is 9.05. The Hall–Kier alpha value is -1.91. The predicted molar refractivity (Wildman–Crippen MR) is 49.9 cm³/mol. The zero-order chi connectivity index (χ0) is 13.9. The van der Waals surface area contributed by atoms with Gasteiger partial charge in [-0.15, -0.1) is 13.2 Å². The van der Waals surface area contributed by atoms with Crippen LogP contribution >= 0.6 is 0 Å². The average molecular weight is 266 g/mol. The van der Waals surface area contributed by atoms with Crippen LogP contribution in [-0.2, 0) is 6.42 Å². The van der Waals surface area contributed by atoms with Crippen LogP contribution in [-0.4, -0.2) is 11.3 Å². The largest absolute Gasteiger partial charge is 0.573 e. The van der Waals surface area contributed by atoms with E-state index in [1.807, 2.05) is 0 Å². The summed E-state index contributed by atoms with van der Waals surface area (Å²) in [5.74, 6) is -0.683. The van der Waals surface area contributed by atoms with Crippen LogP contribution in [0.2, 0.25) is 0 Å². The second-order valence-electron chi connectivity index (χ2n) is 3.29. The van der Waals surface area contributed by atoms with E-state index in [-0.39, 0.29) is 11.1 Å². The lowest BCUT2D eigenvalue weighted by molar-refractivity contribution is -0.275. The fraction of sp³-hybridized carbons (Fsp3) is 0.400. The van der Waals surface area contributed by atoms with Gasteiger partial charge in [-0.1, -0.05) is 0 Å². The van der Waals surface area contributed by atoms with Crippen molar-refractivity contribution in [3.05, 3.63) is 23.0 Å². The van der Waals surface area contributed by atoms with E-state index in [4.69, 9.17) is 5.26 Å². The lowest BCUT2D eigenvalue weighted by atomic mass is 10.0. The van der Waals surface area contributed by atoms with Gasteiger partial charge >= 0.3 is 6.36 Å². The molecule has 0 unspecified atom stereocenters. The highest BCUT2D eigenvalue weighted by Crippen LogP contribution is 2.32. The van der Waals surface area contributed by atoms with Gasteiger partial charge in [-0.2, -0.15) is 5.26 Å². The summed E-state index contributed by atoms with van der Waals surface area (Å²) in [6.07, 6.45) is -7.80. The molecular weight excluding hydrogens is 259 g/mol. The first-order valence-electron chi connectivity index (χ1n) is 4.65. The maximum Gasteiger partial charge on any atom is 0.573 e. The molecule has 1 rings (SSSR count). The molecule has 1 heterocycles. The summed E-state index contributed by atoms with van der Waals surface area (Å²) in [7, 11) is 0. The van der Waals surface area contributed by atoms with E-state index >= 15 is 0 Å². The summed E-state index contributed by atoms with van der Waals surface area (Å²) in [6, 6.07) is 1.60. The summed E-state index contributed by atoms with van der Waals surface area (Å²) in [4.78, 5) is 3.22. The molecule has 0 radical (unpaired) electrons. The fourth-order valence-electron chi connectivity index (χ4n) is 1.36. The number of hydrogen-bond donors (Lipinski definition) is 0. The van der Waals surface area contributed by atoms with Gasteiger partial charge in [-0.25, -0.2) is 8.78 Å². The summed E-state index contributed by atoms with van der Waals surface area (Å²) in [5, 5.41) is 8.49. The molecule has 8 heteroatoms. The minimum atomic E-state index is -4.94. The molecular formula is C10H7F5N2O. The Balaban J connectivity index is 3.26. The van der Waals surface area contributed by atoms with Crippen LogP contribution in [0.25, 0.3) is 0 Å². The van der Waals surface area contributed by atoms with Crippen molar-refractivity contribution in [1.29, 1.82) is 5.26 Å². The van der Waals surface area contributed by atoms with Gasteiger partial charge in [0, 0.05) is 5.56 Å². The highest BCUT2D eigenvalue weighted by molar-refractivity contribution is 5.41. The van der Waals surface area contributed by atoms with E-state index in [9.17, 15) is 22.0 Å². The molecule has 18 heavy (non-hydrogen) atoms. The molecule has 0 aliphatic carbocycles. The fourth-order valence-corrected chi connectivity index (χ4v) is 1.36. The molecule has 1 aromatic heterocycles. The van der Waals surface area contributed by atoms with Gasteiger partial charge in [0.15, 0.2) is 5.75 Å². The van der Waals surface area contributed by atoms with Crippen LogP contribution in [0, 0.1) is 18.3 Å². The molecule has 0 aromatic carbocycles. The third-order valence-electron chi connectivity index (χ3n) is 2.14. The third-order valence-corrected chi connectivity index (χ3v) is 2.14. The van der Waals surface area contributed by atoms with Gasteiger partial charge in [0.05, 0.1) is 18.7 Å². The Morgan fingerprint density at radius 2 is 2.06 bits per heavy atom. The first-order chi connectivity index (χ1) is 8.26. The number of aromatic nitrogens is 1. The molecule has 0 bridgehead atoms. The number of ether oxygens (including phenoxy) is 1. The Labute approximate surface area is 98.8 Å². The SMILES string of the molecule is Cc1c(OC(F)(F)F)cnc(C(F)F)c1CC#N. The van der Waals surface area contributed by atoms with Crippen molar-refractivity contribution < 1.29 is 26.7 Å². The molecule has 0 saturated carbocycles. The lowest BCUT2D eigenvalue weighted by Crippen LogP contribution is -2.18. The molecule has 0 spiro atoms. The van der Waals surface area contributed by atoms with Gasteiger partial charge in [0.1, 0.15) is 5.69 Å². The molecule has 0 N–H and O–H groups in total. The van der Waals surface area contributed by atoms with Gasteiger partial charge in [0.25, 0.3) is 6.43 Å². The number of rotatable bonds is 3. The molecule has 0 atom stereocenters. The summed E-state index contributed by atoms with van der Waals surface area (Å²) in [6.45, 7) is 1.17. The van der Waals surface area contributed by atoms with Crippen molar-refractivity contribution in [3.8, 4) is 11.8 Å². The van der Waals surface area contributed by atoms with E-state index in [0.717, 1.165) is 0 Å². The monoisotopic (exact) mass is 266 g/mol. The van der Waals surface area contributed by atoms with E-state index in [2.05, 4.69) is 9.72 Å². The summed E-state index contributed by atoms with van der Waals surface area (Å²) in [5.41, 5.74) is -1.11. The third kappa shape index (κ3) is 3.29. The molecule has 0 amide bonds. The smallest absolute Gasteiger partial charge is 0.404 e. The molecule has 0 saturated heterocycles. The highest BCUT2D eigenvalue weighted by Gasteiger charge is 2.33. The van der Waals surface area contributed by atoms with Crippen molar-refractivity contribution in [1.82, 2.24) is 4.98 Å². The number of hydrogen-bond acceptors (Lipinski definition) is 3. The molecule has 98 valence electrons. The van der Waals surface area contributed by atoms with E-state index in [1.54, 1.807) is 6.07 Å². The Morgan fingerprint density at radius 1 is 1.44 bits per heavy atom. The number of nitrogens with zero attached hydrogens (tertiary/aromatic N) is 2. The Kier molecular flexibility index (Phi) is 4.06. The number of halogens is 5. The molecule has 0 aliphatic rings. The van der Waals surface area contributed by atoms with E-state index in [1.165, 1.54) is 6.92 Å². The second-order valence-corrected chi connectivity index (χ2v) is 3.29. The zero-order valence-electron chi connectivity index (χ0n) is 9.05. The van der Waals surface area contributed by atoms with Crippen molar-refractivity contribution in [3.63, 3.8) is 0 Å². The summed E-state index contributed by atoms with van der Waals surface area (Å²) < 4.78 is 64.9. The first-order valence-corrected chi connectivity index (χ1v) is 4.65. The first kappa shape index (κ1) is 14.2. The maximum absolute atomic E-state index is 12.6. The minimum absolute atomic E-state index is 0.167. The molecule has 0 fully saturated rings. The van der Waals surface area contributed by atoms with Crippen LogP contribution in [0.4, 0.5) is 22.0 Å². The van der Waals surface area contributed by atoms with Crippen molar-refractivity contribution in [2.24, 2.45) is 0 Å². The quantitative estimate of drug-likeness (QED) is 0.788. The Bertz CT molecular complexity index is 478. The van der Waals surface area contributed by atoms with Crippen LogP contribution in [0.1, 0.15) is 23.2 Å². The van der Waals surface area contributed by atoms with Crippen LogP contribution < -0.4 is 4.74 Å².